The van der Waals surface area contributed by atoms with Crippen LogP contribution < -0.4 is 0 Å². The summed E-state index contributed by atoms with van der Waals surface area (Å²) < 4.78 is 34.7. The molecule has 0 N–H and O–H groups in total. The van der Waals surface area contributed by atoms with Crippen LogP contribution in [0.3, 0.4) is 0 Å². The van der Waals surface area contributed by atoms with Gasteiger partial charge in [0.25, 0.3) is 0 Å². The minimum Gasteiger partial charge on any atom is -0.725 e. The van der Waals surface area contributed by atoms with Crippen LogP contribution in [0.25, 0.3) is 0 Å². The summed E-state index contributed by atoms with van der Waals surface area (Å²) in [5, 5.41) is 0. The Hall–Kier alpha value is 0.220. The van der Waals surface area contributed by atoms with Gasteiger partial charge in [0.05, 0.1) is 0 Å². The van der Waals surface area contributed by atoms with E-state index in [1.54, 1.807) is 0 Å². The van der Waals surface area contributed by atoms with E-state index in [1.165, 1.54) is 89.9 Å². The normalized spacial score (nSPS) is 11.9. The van der Waals surface area contributed by atoms with E-state index in [0.717, 1.165) is 24.9 Å². The predicted molar refractivity (Wildman–Crippen MR) is 103 cm³/mol. The third kappa shape index (κ3) is 22.2. The van der Waals surface area contributed by atoms with E-state index >= 15 is 0 Å². The van der Waals surface area contributed by atoms with Crippen LogP contribution in [-0.2, 0) is 14.0 Å². The van der Waals surface area contributed by atoms with E-state index < -0.39 is 10.4 Å². The van der Waals surface area contributed by atoms with Crippen molar-refractivity contribution in [2.75, 3.05) is 5.75 Å². The highest BCUT2D eigenvalue weighted by Crippen LogP contribution is 2.15. The maximum absolute atomic E-state index is 10.2. The molecule has 0 saturated carbocycles. The lowest BCUT2D eigenvalue weighted by Crippen LogP contribution is -1.98. The van der Waals surface area contributed by atoms with Crippen molar-refractivity contribution in [2.45, 2.75) is 110 Å². The molecule has 0 heterocycles. The van der Waals surface area contributed by atoms with Crippen molar-refractivity contribution < 1.29 is 16.6 Å². The molecule has 0 atom stereocenters. The standard InChI is InChI=1S/C18H38O4S2/c1-2-3-4-5-6-7-8-9-10-11-12-13-14-15-16-17-18-23-22-24(19,20)21/h2-18H2,1H3,(H,19,20,21)/p-1. The van der Waals surface area contributed by atoms with Gasteiger partial charge in [-0.25, -0.2) is 12.0 Å². The van der Waals surface area contributed by atoms with Gasteiger partial charge in [-0.05, 0) is 6.42 Å². The molecule has 6 heteroatoms. The highest BCUT2D eigenvalue weighted by Gasteiger charge is 1.97. The molecule has 24 heavy (non-hydrogen) atoms. The fourth-order valence-electron chi connectivity index (χ4n) is 2.80. The van der Waals surface area contributed by atoms with Crippen molar-refractivity contribution in [2.24, 2.45) is 0 Å². The Balaban J connectivity index is 3.03. The second-order valence-electron chi connectivity index (χ2n) is 6.60. The zero-order valence-corrected chi connectivity index (χ0v) is 17.1. The molecule has 0 aromatic rings. The van der Waals surface area contributed by atoms with Crippen molar-refractivity contribution in [1.29, 1.82) is 0 Å². The first-order chi connectivity index (χ1) is 11.6. The van der Waals surface area contributed by atoms with Crippen LogP contribution in [0.2, 0.25) is 0 Å². The van der Waals surface area contributed by atoms with Gasteiger partial charge in [0.15, 0.2) is 0 Å². The summed E-state index contributed by atoms with van der Waals surface area (Å²) in [5.41, 5.74) is 0. The first kappa shape index (κ1) is 24.2. The Morgan fingerprint density at radius 3 is 1.33 bits per heavy atom. The molecule has 0 aliphatic rings. The van der Waals surface area contributed by atoms with E-state index in [-0.39, 0.29) is 0 Å². The van der Waals surface area contributed by atoms with Crippen LogP contribution >= 0.6 is 12.0 Å². The van der Waals surface area contributed by atoms with E-state index in [9.17, 15) is 13.0 Å². The van der Waals surface area contributed by atoms with Crippen LogP contribution in [0, 0.1) is 0 Å². The maximum Gasteiger partial charge on any atom is 0.228 e. The van der Waals surface area contributed by atoms with Crippen molar-refractivity contribution >= 4 is 22.4 Å². The largest absolute Gasteiger partial charge is 0.725 e. The smallest absolute Gasteiger partial charge is 0.228 e. The number of hydrogen-bond donors (Lipinski definition) is 0. The highest BCUT2D eigenvalue weighted by atomic mass is 32.3. The molecule has 0 bridgehead atoms. The average Bonchev–Trinajstić information content (AvgIpc) is 2.52. The third-order valence-electron chi connectivity index (χ3n) is 4.21. The lowest BCUT2D eigenvalue weighted by atomic mass is 10.0. The number of hydrogen-bond acceptors (Lipinski definition) is 5. The number of unbranched alkanes of at least 4 members (excludes halogenated alkanes) is 15. The van der Waals surface area contributed by atoms with Crippen molar-refractivity contribution in [3.63, 3.8) is 0 Å². The maximum atomic E-state index is 10.2. The number of rotatable bonds is 19. The molecule has 0 unspecified atom stereocenters. The molecule has 0 fully saturated rings. The van der Waals surface area contributed by atoms with Gasteiger partial charge < -0.3 is 4.55 Å². The third-order valence-corrected chi connectivity index (χ3v) is 5.72. The van der Waals surface area contributed by atoms with Crippen LogP contribution in [0.15, 0.2) is 0 Å². The molecule has 0 aliphatic carbocycles. The Labute approximate surface area is 154 Å². The monoisotopic (exact) mass is 381 g/mol. The summed E-state index contributed by atoms with van der Waals surface area (Å²) >= 11 is 0.746. The Kier molecular flexibility index (Phi) is 18.2. The van der Waals surface area contributed by atoms with Crippen molar-refractivity contribution in [1.82, 2.24) is 0 Å². The summed E-state index contributed by atoms with van der Waals surface area (Å²) in [6.07, 6.45) is 21.0. The van der Waals surface area contributed by atoms with Crippen LogP contribution in [-0.4, -0.2) is 18.7 Å². The van der Waals surface area contributed by atoms with Gasteiger partial charge in [-0.15, -0.1) is 0 Å². The lowest BCUT2D eigenvalue weighted by Gasteiger charge is -2.05. The van der Waals surface area contributed by atoms with Crippen LogP contribution in [0.5, 0.6) is 0 Å². The average molecular weight is 382 g/mol. The van der Waals surface area contributed by atoms with Gasteiger partial charge in [-0.1, -0.05) is 103 Å². The van der Waals surface area contributed by atoms with Gasteiger partial charge in [0.1, 0.15) is 0 Å². The summed E-state index contributed by atoms with van der Waals surface area (Å²) in [5.74, 6) is 0.569. The molecule has 0 aromatic heterocycles. The molecule has 0 saturated heterocycles. The Bertz CT molecular complexity index is 345. The lowest BCUT2D eigenvalue weighted by molar-refractivity contribution is 0.391. The molecule has 146 valence electrons. The molecule has 0 aliphatic heterocycles. The molecule has 0 amide bonds. The summed E-state index contributed by atoms with van der Waals surface area (Å²) in [6, 6.07) is 0. The van der Waals surface area contributed by atoms with Gasteiger partial charge >= 0.3 is 0 Å². The van der Waals surface area contributed by atoms with Crippen molar-refractivity contribution in [3.05, 3.63) is 0 Å². The zero-order valence-electron chi connectivity index (χ0n) is 15.5. The molecule has 0 rings (SSSR count). The molecular weight excluding hydrogens is 344 g/mol. The van der Waals surface area contributed by atoms with E-state index in [4.69, 9.17) is 0 Å². The van der Waals surface area contributed by atoms with Gasteiger partial charge in [0.2, 0.25) is 10.4 Å². The van der Waals surface area contributed by atoms with Gasteiger partial charge in [-0.2, -0.15) is 0 Å². The van der Waals surface area contributed by atoms with E-state index in [0.29, 0.717) is 5.75 Å². The van der Waals surface area contributed by atoms with Crippen LogP contribution in [0.4, 0.5) is 0 Å². The predicted octanol–water partition coefficient (Wildman–Crippen LogP) is 6.37. The van der Waals surface area contributed by atoms with Crippen molar-refractivity contribution in [3.8, 4) is 0 Å². The Morgan fingerprint density at radius 2 is 1.00 bits per heavy atom. The Morgan fingerprint density at radius 1 is 0.667 bits per heavy atom. The first-order valence-corrected chi connectivity index (χ1v) is 12.1. The summed E-state index contributed by atoms with van der Waals surface area (Å²) in [7, 11) is -4.53. The minimum absolute atomic E-state index is 0.569. The summed E-state index contributed by atoms with van der Waals surface area (Å²) in [4.78, 5) is 0. The first-order valence-electron chi connectivity index (χ1n) is 9.83. The summed E-state index contributed by atoms with van der Waals surface area (Å²) in [6.45, 7) is 2.26. The highest BCUT2D eigenvalue weighted by molar-refractivity contribution is 8.02. The second kappa shape index (κ2) is 18.0. The van der Waals surface area contributed by atoms with Gasteiger partial charge in [-0.3, -0.25) is 0 Å². The second-order valence-corrected chi connectivity index (χ2v) is 8.61. The minimum atomic E-state index is -4.53. The molecule has 0 aromatic carbocycles. The fraction of sp³-hybridized carbons (Fsp3) is 1.00. The molecule has 0 spiro atoms. The van der Waals surface area contributed by atoms with E-state index in [1.807, 2.05) is 0 Å². The topological polar surface area (TPSA) is 66.4 Å². The molecule has 0 radical (unpaired) electrons. The zero-order chi connectivity index (χ0) is 17.9. The van der Waals surface area contributed by atoms with Gasteiger partial charge in [0, 0.05) is 17.8 Å². The SMILES string of the molecule is CCCCCCCCCCCCCCCCCCSOS(=O)(=O)[O-]. The fourth-order valence-corrected chi connectivity index (χ4v) is 3.87. The van der Waals surface area contributed by atoms with Crippen LogP contribution in [0.1, 0.15) is 110 Å². The molecule has 4 nitrogen and oxygen atoms in total. The molecular formula is C18H37O4S2-. The van der Waals surface area contributed by atoms with E-state index in [2.05, 4.69) is 10.6 Å². The quantitative estimate of drug-likeness (QED) is 0.112.